The molecule has 168 valence electrons. The molecule has 0 atom stereocenters. The second kappa shape index (κ2) is 8.03. The van der Waals surface area contributed by atoms with Crippen molar-refractivity contribution < 1.29 is 9.53 Å². The zero-order valence-electron chi connectivity index (χ0n) is 18.6. The Morgan fingerprint density at radius 1 is 0.970 bits per heavy atom. The highest BCUT2D eigenvalue weighted by Gasteiger charge is 2.32. The van der Waals surface area contributed by atoms with Crippen molar-refractivity contribution in [3.8, 4) is 5.75 Å². The number of fused-ring (bicyclic) bond motifs is 3. The first-order valence-corrected chi connectivity index (χ1v) is 11.6. The number of hydrogen-bond acceptors (Lipinski definition) is 6. The molecule has 6 rings (SSSR count). The third-order valence-corrected chi connectivity index (χ3v) is 6.60. The van der Waals surface area contributed by atoms with Gasteiger partial charge in [-0.2, -0.15) is 0 Å². The highest BCUT2D eigenvalue weighted by atomic mass is 16.5. The fourth-order valence-corrected chi connectivity index (χ4v) is 4.72. The molecule has 2 fully saturated rings. The number of aromatic nitrogens is 4. The van der Waals surface area contributed by atoms with Crippen molar-refractivity contribution in [1.82, 2.24) is 24.5 Å². The Kier molecular flexibility index (Phi) is 4.86. The van der Waals surface area contributed by atoms with Crippen LogP contribution in [-0.4, -0.2) is 63.7 Å². The molecule has 1 aliphatic carbocycles. The van der Waals surface area contributed by atoms with Gasteiger partial charge in [0.15, 0.2) is 5.65 Å². The van der Waals surface area contributed by atoms with Crippen LogP contribution in [0, 0.1) is 0 Å². The van der Waals surface area contributed by atoms with Crippen molar-refractivity contribution in [2.75, 3.05) is 38.2 Å². The summed E-state index contributed by atoms with van der Waals surface area (Å²) in [4.78, 5) is 22.5. The molecule has 8 nitrogen and oxygen atoms in total. The molecule has 0 bridgehead atoms. The summed E-state index contributed by atoms with van der Waals surface area (Å²) in [6.45, 7) is 2.83. The lowest BCUT2D eigenvalue weighted by atomic mass is 10.1. The van der Waals surface area contributed by atoms with Crippen molar-refractivity contribution in [3.63, 3.8) is 0 Å². The molecular weight excluding hydrogens is 416 g/mol. The summed E-state index contributed by atoms with van der Waals surface area (Å²) in [5.74, 6) is 2.96. The van der Waals surface area contributed by atoms with Gasteiger partial charge in [0.05, 0.1) is 18.2 Å². The van der Waals surface area contributed by atoms with Gasteiger partial charge in [0.25, 0.3) is 5.91 Å². The quantitative estimate of drug-likeness (QED) is 0.481. The van der Waals surface area contributed by atoms with E-state index in [-0.39, 0.29) is 5.91 Å². The van der Waals surface area contributed by atoms with Gasteiger partial charge in [-0.25, -0.2) is 9.38 Å². The third-order valence-electron chi connectivity index (χ3n) is 6.60. The Morgan fingerprint density at radius 3 is 2.64 bits per heavy atom. The summed E-state index contributed by atoms with van der Waals surface area (Å²) >= 11 is 0. The number of rotatable bonds is 4. The Bertz CT molecular complexity index is 1350. The smallest absolute Gasteiger partial charge is 0.257 e. The molecule has 0 N–H and O–H groups in total. The van der Waals surface area contributed by atoms with Crippen LogP contribution in [0.2, 0.25) is 0 Å². The largest absolute Gasteiger partial charge is 0.496 e. The van der Waals surface area contributed by atoms with E-state index in [4.69, 9.17) is 9.72 Å². The highest BCUT2D eigenvalue weighted by molar-refractivity contribution is 5.97. The second-order valence-electron chi connectivity index (χ2n) is 8.75. The minimum absolute atomic E-state index is 0.00823. The predicted molar refractivity (Wildman–Crippen MR) is 126 cm³/mol. The van der Waals surface area contributed by atoms with Crippen LogP contribution in [0.25, 0.3) is 16.6 Å². The maximum Gasteiger partial charge on any atom is 0.257 e. The summed E-state index contributed by atoms with van der Waals surface area (Å²) in [7, 11) is 1.60. The molecular formula is C25H26N6O2. The Balaban J connectivity index is 1.34. The molecule has 3 heterocycles. The number of nitrogens with zero attached hydrogens (tertiary/aromatic N) is 6. The molecule has 33 heavy (non-hydrogen) atoms. The SMILES string of the molecule is COc1ccccc1C(=O)N1CCCN(c2nc3ccccc3c3nnc(C4CC4)n23)CC1. The monoisotopic (exact) mass is 442 g/mol. The average Bonchev–Trinajstić information content (AvgIpc) is 3.65. The number of hydrogen-bond donors (Lipinski definition) is 0. The number of methoxy groups -OCH3 is 1. The molecule has 4 aromatic rings. The number of carbonyl (C=O) groups is 1. The van der Waals surface area contributed by atoms with E-state index in [1.165, 1.54) is 0 Å². The average molecular weight is 443 g/mol. The van der Waals surface area contributed by atoms with Crippen molar-refractivity contribution in [2.45, 2.75) is 25.2 Å². The number of carbonyl (C=O) groups excluding carboxylic acids is 1. The predicted octanol–water partition coefficient (Wildman–Crippen LogP) is 3.52. The maximum atomic E-state index is 13.3. The number of para-hydroxylation sites is 2. The molecule has 2 aliphatic rings. The number of ether oxygens (including phenoxy) is 1. The van der Waals surface area contributed by atoms with Crippen LogP contribution in [-0.2, 0) is 0 Å². The van der Waals surface area contributed by atoms with Crippen LogP contribution in [0.15, 0.2) is 48.5 Å². The lowest BCUT2D eigenvalue weighted by molar-refractivity contribution is 0.0763. The summed E-state index contributed by atoms with van der Waals surface area (Å²) in [6.07, 6.45) is 3.15. The molecule has 2 aromatic heterocycles. The van der Waals surface area contributed by atoms with Gasteiger partial charge >= 0.3 is 0 Å². The Morgan fingerprint density at radius 2 is 1.79 bits per heavy atom. The molecule has 8 heteroatoms. The first-order valence-electron chi connectivity index (χ1n) is 11.6. The minimum Gasteiger partial charge on any atom is -0.496 e. The number of benzene rings is 2. The molecule has 2 aromatic carbocycles. The van der Waals surface area contributed by atoms with E-state index in [0.717, 1.165) is 54.1 Å². The van der Waals surface area contributed by atoms with Crippen molar-refractivity contribution in [3.05, 3.63) is 59.9 Å². The van der Waals surface area contributed by atoms with Gasteiger partial charge in [-0.3, -0.25) is 4.79 Å². The van der Waals surface area contributed by atoms with E-state index in [9.17, 15) is 4.79 Å². The second-order valence-corrected chi connectivity index (χ2v) is 8.75. The summed E-state index contributed by atoms with van der Waals surface area (Å²) in [6, 6.07) is 15.5. The molecule has 0 spiro atoms. The van der Waals surface area contributed by atoms with Gasteiger partial charge in [0.1, 0.15) is 11.6 Å². The fourth-order valence-electron chi connectivity index (χ4n) is 4.72. The van der Waals surface area contributed by atoms with Gasteiger partial charge in [0.2, 0.25) is 5.95 Å². The molecule has 0 unspecified atom stereocenters. The standard InChI is InChI=1S/C25H26N6O2/c1-33-21-10-5-3-8-19(21)24(32)29-13-6-14-30(16-15-29)25-26-20-9-4-2-7-18(20)23-28-27-22(31(23)25)17-11-12-17/h2-5,7-10,17H,6,11-16H2,1H3. The first kappa shape index (κ1) is 20.0. The van der Waals surface area contributed by atoms with E-state index < -0.39 is 0 Å². The van der Waals surface area contributed by atoms with E-state index in [1.54, 1.807) is 7.11 Å². The summed E-state index contributed by atoms with van der Waals surface area (Å²) in [5, 5.41) is 10.1. The molecule has 1 amide bonds. The van der Waals surface area contributed by atoms with Gasteiger partial charge in [-0.05, 0) is 43.5 Å². The van der Waals surface area contributed by atoms with Crippen LogP contribution in [0.3, 0.4) is 0 Å². The van der Waals surface area contributed by atoms with Crippen LogP contribution >= 0.6 is 0 Å². The summed E-state index contributed by atoms with van der Waals surface area (Å²) in [5.41, 5.74) is 2.39. The van der Waals surface area contributed by atoms with Crippen LogP contribution < -0.4 is 9.64 Å². The minimum atomic E-state index is 0.00823. The lowest BCUT2D eigenvalue weighted by Crippen LogP contribution is -2.36. The third kappa shape index (κ3) is 3.46. The molecule has 1 saturated carbocycles. The van der Waals surface area contributed by atoms with Gasteiger partial charge in [-0.15, -0.1) is 10.2 Å². The topological polar surface area (TPSA) is 75.9 Å². The van der Waals surface area contributed by atoms with Gasteiger partial charge < -0.3 is 14.5 Å². The molecule has 1 saturated heterocycles. The normalized spacial score (nSPS) is 16.9. The van der Waals surface area contributed by atoms with Crippen molar-refractivity contribution in [2.24, 2.45) is 0 Å². The Labute approximate surface area is 191 Å². The molecule has 0 radical (unpaired) electrons. The lowest BCUT2D eigenvalue weighted by Gasteiger charge is -2.24. The number of amides is 1. The highest BCUT2D eigenvalue weighted by Crippen LogP contribution is 2.40. The van der Waals surface area contributed by atoms with E-state index in [2.05, 4.69) is 25.6 Å². The van der Waals surface area contributed by atoms with Gasteiger partial charge in [0, 0.05) is 37.5 Å². The fraction of sp³-hybridized carbons (Fsp3) is 0.360. The zero-order chi connectivity index (χ0) is 22.4. The van der Waals surface area contributed by atoms with Crippen LogP contribution in [0.5, 0.6) is 5.75 Å². The zero-order valence-corrected chi connectivity index (χ0v) is 18.6. The summed E-state index contributed by atoms with van der Waals surface area (Å²) < 4.78 is 7.57. The van der Waals surface area contributed by atoms with Crippen LogP contribution in [0.4, 0.5) is 5.95 Å². The van der Waals surface area contributed by atoms with Crippen LogP contribution in [0.1, 0.15) is 41.4 Å². The first-order chi connectivity index (χ1) is 16.2. The maximum absolute atomic E-state index is 13.3. The molecule has 1 aliphatic heterocycles. The van der Waals surface area contributed by atoms with E-state index >= 15 is 0 Å². The van der Waals surface area contributed by atoms with Crippen molar-refractivity contribution in [1.29, 1.82) is 0 Å². The van der Waals surface area contributed by atoms with E-state index in [0.29, 0.717) is 36.9 Å². The number of anilines is 1. The van der Waals surface area contributed by atoms with E-state index in [1.807, 2.05) is 47.4 Å². The van der Waals surface area contributed by atoms with Gasteiger partial charge in [-0.1, -0.05) is 24.3 Å². The van der Waals surface area contributed by atoms with Crippen molar-refractivity contribution >= 4 is 28.4 Å². The Hall–Kier alpha value is -3.68.